The van der Waals surface area contributed by atoms with Gasteiger partial charge in [0.15, 0.2) is 11.4 Å². The number of halogens is 1. The summed E-state index contributed by atoms with van der Waals surface area (Å²) < 4.78 is 34.6. The summed E-state index contributed by atoms with van der Waals surface area (Å²) in [4.78, 5) is 15.8. The molecule has 3 aromatic carbocycles. The summed E-state index contributed by atoms with van der Waals surface area (Å²) in [5.74, 6) is 0.577. The van der Waals surface area contributed by atoms with E-state index in [-0.39, 0.29) is 15.7 Å². The molecular formula is C23H17ClN2O4S. The monoisotopic (exact) mass is 452 g/mol. The molecule has 8 heteroatoms. The average Bonchev–Trinajstić information content (AvgIpc) is 3.09. The highest BCUT2D eigenvalue weighted by Gasteiger charge is 2.18. The van der Waals surface area contributed by atoms with Gasteiger partial charge in [0, 0.05) is 17.7 Å². The van der Waals surface area contributed by atoms with E-state index >= 15 is 0 Å². The molecule has 31 heavy (non-hydrogen) atoms. The standard InChI is InChI=1S/C23H17ClN2O4S/c24-22-20(15-27)26(23(25-22)18-6-2-1-3-7-18)14-16-10-12-17(13-11-16)19-8-4-5-9-21(19)31(28,29)30/h1-13,15H,14H2,(H,28,29,30). The van der Waals surface area contributed by atoms with Crippen LogP contribution in [0.3, 0.4) is 0 Å². The SMILES string of the molecule is O=Cc1c(Cl)nc(-c2ccccc2)n1Cc1ccc(-c2ccccc2S(=O)(=O)O)cc1. The van der Waals surface area contributed by atoms with E-state index < -0.39 is 10.1 Å². The van der Waals surface area contributed by atoms with Gasteiger partial charge in [-0.2, -0.15) is 8.42 Å². The van der Waals surface area contributed by atoms with Crippen molar-refractivity contribution in [1.82, 2.24) is 9.55 Å². The highest BCUT2D eigenvalue weighted by Crippen LogP contribution is 2.29. The van der Waals surface area contributed by atoms with Gasteiger partial charge >= 0.3 is 0 Å². The lowest BCUT2D eigenvalue weighted by atomic mass is 10.0. The Kier molecular flexibility index (Phi) is 5.73. The Labute approximate surface area is 184 Å². The maximum atomic E-state index is 11.7. The van der Waals surface area contributed by atoms with Gasteiger partial charge in [-0.3, -0.25) is 9.35 Å². The Balaban J connectivity index is 1.71. The second kappa shape index (κ2) is 8.47. The van der Waals surface area contributed by atoms with Crippen LogP contribution < -0.4 is 0 Å². The molecule has 0 aliphatic heterocycles. The fraction of sp³-hybridized carbons (Fsp3) is 0.0435. The number of aromatic nitrogens is 2. The van der Waals surface area contributed by atoms with E-state index in [2.05, 4.69) is 4.98 Å². The van der Waals surface area contributed by atoms with Crippen molar-refractivity contribution in [3.8, 4) is 22.5 Å². The van der Waals surface area contributed by atoms with Gasteiger partial charge in [0.05, 0.1) is 0 Å². The Morgan fingerprint density at radius 1 is 0.903 bits per heavy atom. The molecule has 1 N–H and O–H groups in total. The Hall–Kier alpha value is -3.26. The topological polar surface area (TPSA) is 89.3 Å². The van der Waals surface area contributed by atoms with E-state index in [4.69, 9.17) is 11.6 Å². The summed E-state index contributed by atoms with van der Waals surface area (Å²) in [5, 5.41) is 0.132. The summed E-state index contributed by atoms with van der Waals surface area (Å²) in [6, 6.07) is 22.8. The molecule has 0 fully saturated rings. The van der Waals surface area contributed by atoms with Gasteiger partial charge in [0.1, 0.15) is 16.4 Å². The molecule has 4 aromatic rings. The third-order valence-corrected chi connectivity index (χ3v) is 6.07. The molecule has 6 nitrogen and oxygen atoms in total. The quantitative estimate of drug-likeness (QED) is 0.329. The van der Waals surface area contributed by atoms with Gasteiger partial charge in [0.2, 0.25) is 0 Å². The van der Waals surface area contributed by atoms with E-state index in [0.717, 1.165) is 11.1 Å². The number of carbonyl (C=O) groups is 1. The van der Waals surface area contributed by atoms with Crippen LogP contribution in [0.2, 0.25) is 5.15 Å². The van der Waals surface area contributed by atoms with Crippen LogP contribution in [0.4, 0.5) is 0 Å². The smallest absolute Gasteiger partial charge is 0.295 e. The van der Waals surface area contributed by atoms with Crippen molar-refractivity contribution >= 4 is 28.0 Å². The summed E-state index contributed by atoms with van der Waals surface area (Å²) in [6.45, 7) is 0.345. The second-order valence-corrected chi connectivity index (χ2v) is 8.60. The van der Waals surface area contributed by atoms with Gasteiger partial charge in [-0.05, 0) is 17.2 Å². The Bertz CT molecular complexity index is 1350. The lowest BCUT2D eigenvalue weighted by molar-refractivity contribution is 0.111. The number of benzene rings is 3. The first-order chi connectivity index (χ1) is 14.9. The van der Waals surface area contributed by atoms with Crippen LogP contribution in [0.5, 0.6) is 0 Å². The van der Waals surface area contributed by atoms with Gasteiger partial charge in [-0.15, -0.1) is 0 Å². The molecule has 1 heterocycles. The maximum Gasteiger partial charge on any atom is 0.295 e. The molecule has 0 bridgehead atoms. The molecule has 0 saturated heterocycles. The zero-order valence-corrected chi connectivity index (χ0v) is 17.7. The van der Waals surface area contributed by atoms with Crippen LogP contribution in [0, 0.1) is 0 Å². The minimum atomic E-state index is -4.35. The normalized spacial score (nSPS) is 11.4. The van der Waals surface area contributed by atoms with Crippen molar-refractivity contribution < 1.29 is 17.8 Å². The third-order valence-electron chi connectivity index (χ3n) is 4.88. The first-order valence-corrected chi connectivity index (χ1v) is 11.1. The molecular weight excluding hydrogens is 436 g/mol. The maximum absolute atomic E-state index is 11.7. The van der Waals surface area contributed by atoms with Gasteiger partial charge in [-0.1, -0.05) is 84.4 Å². The van der Waals surface area contributed by atoms with Crippen LogP contribution in [0.1, 0.15) is 16.1 Å². The zero-order chi connectivity index (χ0) is 22.0. The minimum absolute atomic E-state index is 0.132. The number of hydrogen-bond donors (Lipinski definition) is 1. The number of aldehydes is 1. The van der Waals surface area contributed by atoms with Crippen molar-refractivity contribution in [2.24, 2.45) is 0 Å². The summed E-state index contributed by atoms with van der Waals surface area (Å²) in [5.41, 5.74) is 3.01. The number of rotatable bonds is 6. The number of nitrogens with zero attached hydrogens (tertiary/aromatic N) is 2. The minimum Gasteiger partial charge on any atom is -0.316 e. The van der Waals surface area contributed by atoms with Crippen LogP contribution in [-0.2, 0) is 16.7 Å². The largest absolute Gasteiger partial charge is 0.316 e. The summed E-state index contributed by atoms with van der Waals surface area (Å²) in [6.07, 6.45) is 0.679. The molecule has 0 amide bonds. The summed E-state index contributed by atoms with van der Waals surface area (Å²) in [7, 11) is -4.35. The lowest BCUT2D eigenvalue weighted by Crippen LogP contribution is -2.06. The molecule has 4 rings (SSSR count). The lowest BCUT2D eigenvalue weighted by Gasteiger charge is -2.11. The van der Waals surface area contributed by atoms with E-state index in [1.54, 1.807) is 34.9 Å². The van der Waals surface area contributed by atoms with E-state index in [1.165, 1.54) is 6.07 Å². The molecule has 0 aliphatic rings. The second-order valence-electron chi connectivity index (χ2n) is 6.85. The van der Waals surface area contributed by atoms with Crippen molar-refractivity contribution in [2.75, 3.05) is 0 Å². The molecule has 0 saturated carbocycles. The van der Waals surface area contributed by atoms with Crippen LogP contribution in [-0.4, -0.2) is 28.8 Å². The van der Waals surface area contributed by atoms with Crippen molar-refractivity contribution in [3.63, 3.8) is 0 Å². The molecule has 0 spiro atoms. The number of imidazole rings is 1. The summed E-state index contributed by atoms with van der Waals surface area (Å²) >= 11 is 6.19. The Morgan fingerprint density at radius 3 is 2.19 bits per heavy atom. The van der Waals surface area contributed by atoms with Crippen LogP contribution in [0.15, 0.2) is 83.8 Å². The van der Waals surface area contributed by atoms with Gasteiger partial charge in [-0.25, -0.2) is 4.98 Å². The third kappa shape index (κ3) is 4.29. The number of carbonyl (C=O) groups excluding carboxylic acids is 1. The van der Waals surface area contributed by atoms with Crippen molar-refractivity contribution in [1.29, 1.82) is 0 Å². The van der Waals surface area contributed by atoms with Crippen LogP contribution >= 0.6 is 11.6 Å². The molecule has 0 aliphatic carbocycles. The predicted molar refractivity (Wildman–Crippen MR) is 119 cm³/mol. The molecule has 1 aromatic heterocycles. The Morgan fingerprint density at radius 2 is 1.55 bits per heavy atom. The first kappa shape index (κ1) is 21.0. The molecule has 0 unspecified atom stereocenters. The van der Waals surface area contributed by atoms with Crippen molar-refractivity contribution in [2.45, 2.75) is 11.4 Å². The fourth-order valence-corrected chi connectivity index (χ4v) is 4.36. The van der Waals surface area contributed by atoms with E-state index in [9.17, 15) is 17.8 Å². The first-order valence-electron chi connectivity index (χ1n) is 9.31. The molecule has 0 radical (unpaired) electrons. The van der Waals surface area contributed by atoms with Crippen LogP contribution in [0.25, 0.3) is 22.5 Å². The van der Waals surface area contributed by atoms with Gasteiger partial charge in [0.25, 0.3) is 10.1 Å². The molecule has 0 atom stereocenters. The molecule has 156 valence electrons. The van der Waals surface area contributed by atoms with E-state index in [0.29, 0.717) is 29.8 Å². The predicted octanol–water partition coefficient (Wildman–Crippen LogP) is 4.98. The fourth-order valence-electron chi connectivity index (χ4n) is 3.42. The average molecular weight is 453 g/mol. The zero-order valence-electron chi connectivity index (χ0n) is 16.1. The highest BCUT2D eigenvalue weighted by atomic mass is 35.5. The van der Waals surface area contributed by atoms with Crippen molar-refractivity contribution in [3.05, 3.63) is 95.3 Å². The van der Waals surface area contributed by atoms with E-state index in [1.807, 2.05) is 42.5 Å². The number of hydrogen-bond acceptors (Lipinski definition) is 4. The van der Waals surface area contributed by atoms with Gasteiger partial charge < -0.3 is 4.57 Å². The highest BCUT2D eigenvalue weighted by molar-refractivity contribution is 7.86.